The molecule has 138 valence electrons. The van der Waals surface area contributed by atoms with Gasteiger partial charge in [0.05, 0.1) is 6.54 Å². The lowest BCUT2D eigenvalue weighted by atomic mass is 10.1. The quantitative estimate of drug-likeness (QED) is 0.433. The molecule has 0 unspecified atom stereocenters. The number of Topliss-reactive ketones (excluding diaryl/α,β-unsaturated/α-hetero) is 1. The van der Waals surface area contributed by atoms with Gasteiger partial charge in [-0.2, -0.15) is 0 Å². The Hall–Kier alpha value is -3.03. The second-order valence-corrected chi connectivity index (χ2v) is 5.89. The summed E-state index contributed by atoms with van der Waals surface area (Å²) >= 11 is 0. The molecule has 0 saturated carbocycles. The number of hydrogen-bond donors (Lipinski definition) is 1. The average Bonchev–Trinajstić information content (AvgIpc) is 2.84. The lowest BCUT2D eigenvalue weighted by Crippen LogP contribution is -2.37. The summed E-state index contributed by atoms with van der Waals surface area (Å²) in [5.74, 6) is -2.49. The van der Waals surface area contributed by atoms with Crippen LogP contribution in [-0.2, 0) is 14.4 Å². The molecule has 1 N–H and O–H groups in total. The maximum Gasteiger partial charge on any atom is 0.334 e. The van der Waals surface area contributed by atoms with Gasteiger partial charge in [0.1, 0.15) is 0 Å². The largest absolute Gasteiger partial charge is 0.334 e. The number of carbonyl (C=O) groups is 5. The van der Waals surface area contributed by atoms with E-state index in [0.29, 0.717) is 23.4 Å². The van der Waals surface area contributed by atoms with Crippen molar-refractivity contribution in [3.63, 3.8) is 0 Å². The fourth-order valence-corrected chi connectivity index (χ4v) is 2.43. The molecule has 1 fully saturated rings. The maximum atomic E-state index is 12.3. The Morgan fingerprint density at radius 2 is 1.58 bits per heavy atom. The van der Waals surface area contributed by atoms with E-state index in [1.165, 1.54) is 12.1 Å². The first-order valence-corrected chi connectivity index (χ1v) is 8.49. The number of benzene rings is 1. The molecular weight excluding hydrogens is 338 g/mol. The number of urea groups is 1. The van der Waals surface area contributed by atoms with Gasteiger partial charge < -0.3 is 5.32 Å². The number of anilines is 1. The van der Waals surface area contributed by atoms with Gasteiger partial charge in [0.15, 0.2) is 5.78 Å². The van der Waals surface area contributed by atoms with Crippen LogP contribution in [-0.4, -0.2) is 52.4 Å². The van der Waals surface area contributed by atoms with Crippen LogP contribution < -0.4 is 5.32 Å². The van der Waals surface area contributed by atoms with E-state index in [1.807, 2.05) is 6.92 Å². The first-order valence-electron chi connectivity index (χ1n) is 8.49. The standard InChI is InChI=1S/C18H21N3O5/c1-3-5-10-20-16(24)17(25)21(18(20)26)11-14(22)12-6-8-13(9-7-12)19-15(23)4-2/h6-9H,3-5,10-11H2,1-2H3,(H,19,23). The predicted molar refractivity (Wildman–Crippen MR) is 93.4 cm³/mol. The molecule has 0 bridgehead atoms. The summed E-state index contributed by atoms with van der Waals surface area (Å²) in [5, 5.41) is 2.66. The molecule has 5 amide bonds. The Morgan fingerprint density at radius 1 is 0.962 bits per heavy atom. The number of hydrogen-bond acceptors (Lipinski definition) is 5. The zero-order valence-electron chi connectivity index (χ0n) is 14.8. The monoisotopic (exact) mass is 359 g/mol. The number of nitrogens with zero attached hydrogens (tertiary/aromatic N) is 2. The summed E-state index contributed by atoms with van der Waals surface area (Å²) in [6.07, 6.45) is 1.70. The molecule has 1 aliphatic rings. The molecule has 8 heteroatoms. The van der Waals surface area contributed by atoms with Crippen LogP contribution in [0.5, 0.6) is 0 Å². The van der Waals surface area contributed by atoms with Crippen LogP contribution in [0.2, 0.25) is 0 Å². The minimum Gasteiger partial charge on any atom is -0.326 e. The summed E-state index contributed by atoms with van der Waals surface area (Å²) in [7, 11) is 0. The highest BCUT2D eigenvalue weighted by Crippen LogP contribution is 2.16. The Labute approximate surface area is 151 Å². The van der Waals surface area contributed by atoms with Crippen molar-refractivity contribution in [1.82, 2.24) is 9.80 Å². The molecule has 2 rings (SSSR count). The fourth-order valence-electron chi connectivity index (χ4n) is 2.43. The van der Waals surface area contributed by atoms with Gasteiger partial charge in [0.2, 0.25) is 5.91 Å². The molecule has 26 heavy (non-hydrogen) atoms. The summed E-state index contributed by atoms with van der Waals surface area (Å²) < 4.78 is 0. The van der Waals surface area contributed by atoms with E-state index in [4.69, 9.17) is 0 Å². The van der Waals surface area contributed by atoms with Gasteiger partial charge in [-0.3, -0.25) is 24.1 Å². The molecule has 1 aliphatic heterocycles. The highest BCUT2D eigenvalue weighted by atomic mass is 16.2. The van der Waals surface area contributed by atoms with Crippen LogP contribution in [0.1, 0.15) is 43.5 Å². The molecule has 0 aliphatic carbocycles. The first kappa shape index (κ1) is 19.3. The SMILES string of the molecule is CCCCN1C(=O)C(=O)N(CC(=O)c2ccc(NC(=O)CC)cc2)C1=O. The van der Waals surface area contributed by atoms with Gasteiger partial charge in [0, 0.05) is 24.2 Å². The van der Waals surface area contributed by atoms with E-state index < -0.39 is 30.2 Å². The normalized spacial score (nSPS) is 14.2. The topological polar surface area (TPSA) is 104 Å². The predicted octanol–water partition coefficient (Wildman–Crippen LogP) is 1.81. The zero-order valence-corrected chi connectivity index (χ0v) is 14.8. The van der Waals surface area contributed by atoms with E-state index in [2.05, 4.69) is 5.32 Å². The van der Waals surface area contributed by atoms with E-state index in [-0.39, 0.29) is 18.0 Å². The summed E-state index contributed by atoms with van der Waals surface area (Å²) in [6.45, 7) is 3.30. The Balaban J connectivity index is 2.04. The second kappa shape index (κ2) is 8.37. The summed E-state index contributed by atoms with van der Waals surface area (Å²) in [4.78, 5) is 61.3. The number of amides is 5. The third kappa shape index (κ3) is 4.14. The molecule has 1 saturated heterocycles. The molecule has 0 radical (unpaired) electrons. The highest BCUT2D eigenvalue weighted by Gasteiger charge is 2.44. The van der Waals surface area contributed by atoms with E-state index in [0.717, 1.165) is 11.3 Å². The third-order valence-corrected chi connectivity index (χ3v) is 3.98. The van der Waals surface area contributed by atoms with Gasteiger partial charge in [-0.1, -0.05) is 20.3 Å². The molecule has 1 aromatic rings. The summed E-state index contributed by atoms with van der Waals surface area (Å²) in [5.41, 5.74) is 0.821. The van der Waals surface area contributed by atoms with Gasteiger partial charge in [-0.05, 0) is 30.7 Å². The second-order valence-electron chi connectivity index (χ2n) is 5.89. The van der Waals surface area contributed by atoms with Crippen LogP contribution in [0.15, 0.2) is 24.3 Å². The Bertz CT molecular complexity index is 742. The zero-order chi connectivity index (χ0) is 19.3. The Morgan fingerprint density at radius 3 is 2.15 bits per heavy atom. The fraction of sp³-hybridized carbons (Fsp3) is 0.389. The number of rotatable bonds is 8. The Kier molecular flexibility index (Phi) is 6.21. The van der Waals surface area contributed by atoms with E-state index >= 15 is 0 Å². The lowest BCUT2D eigenvalue weighted by molar-refractivity contribution is -0.143. The van der Waals surface area contributed by atoms with Crippen molar-refractivity contribution in [3.8, 4) is 0 Å². The van der Waals surface area contributed by atoms with Crippen LogP contribution >= 0.6 is 0 Å². The molecular formula is C18H21N3O5. The van der Waals surface area contributed by atoms with E-state index in [1.54, 1.807) is 19.1 Å². The highest BCUT2D eigenvalue weighted by molar-refractivity contribution is 6.45. The number of imide groups is 2. The maximum absolute atomic E-state index is 12.3. The molecule has 1 heterocycles. The van der Waals surface area contributed by atoms with Crippen LogP contribution in [0.25, 0.3) is 0 Å². The van der Waals surface area contributed by atoms with Crippen molar-refractivity contribution in [2.75, 3.05) is 18.4 Å². The van der Waals surface area contributed by atoms with Crippen LogP contribution in [0, 0.1) is 0 Å². The van der Waals surface area contributed by atoms with Crippen LogP contribution in [0.4, 0.5) is 10.5 Å². The summed E-state index contributed by atoms with van der Waals surface area (Å²) in [6, 6.07) is 5.36. The van der Waals surface area contributed by atoms with Gasteiger partial charge in [0.25, 0.3) is 0 Å². The van der Waals surface area contributed by atoms with Crippen molar-refractivity contribution in [1.29, 1.82) is 0 Å². The van der Waals surface area contributed by atoms with Gasteiger partial charge in [-0.25, -0.2) is 9.69 Å². The number of unbranched alkanes of at least 4 members (excludes halogenated alkanes) is 1. The van der Waals surface area contributed by atoms with Gasteiger partial charge >= 0.3 is 17.8 Å². The third-order valence-electron chi connectivity index (χ3n) is 3.98. The van der Waals surface area contributed by atoms with Crippen molar-refractivity contribution >= 4 is 35.2 Å². The smallest absolute Gasteiger partial charge is 0.326 e. The molecule has 8 nitrogen and oxygen atoms in total. The molecule has 0 atom stereocenters. The molecule has 0 spiro atoms. The average molecular weight is 359 g/mol. The minimum absolute atomic E-state index is 0.150. The van der Waals surface area contributed by atoms with Crippen molar-refractivity contribution in [2.24, 2.45) is 0 Å². The van der Waals surface area contributed by atoms with Crippen molar-refractivity contribution < 1.29 is 24.0 Å². The van der Waals surface area contributed by atoms with Crippen molar-refractivity contribution in [2.45, 2.75) is 33.1 Å². The number of nitrogens with one attached hydrogen (secondary N) is 1. The lowest BCUT2D eigenvalue weighted by Gasteiger charge is -2.14. The molecule has 0 aromatic heterocycles. The number of ketones is 1. The molecule has 1 aromatic carbocycles. The minimum atomic E-state index is -0.980. The van der Waals surface area contributed by atoms with E-state index in [9.17, 15) is 24.0 Å². The van der Waals surface area contributed by atoms with Crippen LogP contribution in [0.3, 0.4) is 0 Å². The first-order chi connectivity index (χ1) is 12.4. The van der Waals surface area contributed by atoms with Crippen molar-refractivity contribution in [3.05, 3.63) is 29.8 Å². The number of carbonyl (C=O) groups excluding carboxylic acids is 5. The van der Waals surface area contributed by atoms with Gasteiger partial charge in [-0.15, -0.1) is 0 Å².